The molecule has 3 saturated heterocycles. The number of aromatic nitrogens is 3. The molecule has 2 atom stereocenters. The zero-order valence-corrected chi connectivity index (χ0v) is 26.5. The molecule has 47 heavy (non-hydrogen) atoms. The van der Waals surface area contributed by atoms with Crippen LogP contribution in [0.5, 0.6) is 5.75 Å². The monoisotopic (exact) mass is 645 g/mol. The summed E-state index contributed by atoms with van der Waals surface area (Å²) in [5, 5.41) is 16.1. The quantitative estimate of drug-likeness (QED) is 0.279. The number of nitriles is 1. The lowest BCUT2D eigenvalue weighted by molar-refractivity contribution is -0.134. The van der Waals surface area contributed by atoms with Crippen molar-refractivity contribution in [2.45, 2.75) is 24.7 Å². The molecule has 248 valence electrons. The number of ether oxygens (including phenoxy) is 3. The zero-order chi connectivity index (χ0) is 32.6. The molecule has 3 fully saturated rings. The number of alkyl halides is 1. The highest BCUT2D eigenvalue weighted by Gasteiger charge is 2.33. The van der Waals surface area contributed by atoms with E-state index in [1.54, 1.807) is 25.3 Å². The minimum atomic E-state index is -1.39. The third-order valence-corrected chi connectivity index (χ3v) is 8.74. The predicted octanol–water partition coefficient (Wildman–Crippen LogP) is 2.23. The molecule has 6 rings (SSSR count). The van der Waals surface area contributed by atoms with Gasteiger partial charge in [-0.15, -0.1) is 0 Å². The molecule has 3 aliphatic rings. The molecule has 0 aliphatic carbocycles. The maximum absolute atomic E-state index is 15.1. The number of nitrogens with one attached hydrogen (secondary N) is 2. The van der Waals surface area contributed by atoms with Gasteiger partial charge in [0.15, 0.2) is 12.0 Å². The van der Waals surface area contributed by atoms with Crippen LogP contribution in [0, 0.1) is 11.3 Å². The highest BCUT2D eigenvalue weighted by atomic mass is 19.1. The number of carbonyl (C=O) groups excluding carboxylic acids is 1. The molecule has 1 aromatic heterocycles. The van der Waals surface area contributed by atoms with Crippen LogP contribution in [-0.2, 0) is 14.3 Å². The second kappa shape index (κ2) is 15.4. The number of anilines is 3. The zero-order valence-electron chi connectivity index (χ0n) is 26.5. The van der Waals surface area contributed by atoms with Crippen LogP contribution < -0.4 is 20.3 Å². The van der Waals surface area contributed by atoms with Crippen molar-refractivity contribution in [2.75, 3.05) is 89.5 Å². The Kier molecular flexibility index (Phi) is 10.7. The Morgan fingerprint density at radius 1 is 1.11 bits per heavy atom. The molecule has 0 spiro atoms. The van der Waals surface area contributed by atoms with E-state index in [-0.39, 0.29) is 30.3 Å². The summed E-state index contributed by atoms with van der Waals surface area (Å²) in [6.07, 6.45) is -0.432. The number of nitrogens with zero attached hydrogens (tertiary/aromatic N) is 7. The van der Waals surface area contributed by atoms with Gasteiger partial charge < -0.3 is 34.6 Å². The molecule has 0 saturated carbocycles. The van der Waals surface area contributed by atoms with E-state index in [1.807, 2.05) is 12.1 Å². The summed E-state index contributed by atoms with van der Waals surface area (Å²) < 4.78 is 31.3. The standard InChI is InChI=1S/C33H40FN9O4/c1-45-15-9-36-18-31(44)43-10-8-30(28(34)19-43)47-29-7-2-23(16-24(29)17-35)32-37-22-38-33(40-32)39-25-3-5-26(6-4-25)41-11-13-42(14-12-41)27-20-46-21-27/h2-7,16,22,27-28,30,36H,8-15,18-21H2,1H3,(H,37,38,39,40). The average molecular weight is 646 g/mol. The SMILES string of the molecule is COCCNCC(=O)N1CCC(Oc2ccc(-c3ncnc(Nc4ccc(N5CCN(C6COC6)CC5)cc4)n3)cc2C#N)C(F)C1. The molecule has 0 bridgehead atoms. The van der Waals surface area contributed by atoms with E-state index in [0.29, 0.717) is 49.5 Å². The van der Waals surface area contributed by atoms with Crippen molar-refractivity contribution in [3.8, 4) is 23.2 Å². The first-order chi connectivity index (χ1) is 23.0. The van der Waals surface area contributed by atoms with E-state index in [4.69, 9.17) is 14.2 Å². The van der Waals surface area contributed by atoms with Gasteiger partial charge in [0.05, 0.1) is 44.5 Å². The lowest BCUT2D eigenvalue weighted by Crippen LogP contribution is -2.56. The van der Waals surface area contributed by atoms with Crippen LogP contribution in [-0.4, -0.2) is 128 Å². The van der Waals surface area contributed by atoms with Crippen LogP contribution in [0.25, 0.3) is 11.4 Å². The molecular weight excluding hydrogens is 605 g/mol. The lowest BCUT2D eigenvalue weighted by atomic mass is 10.0. The van der Waals surface area contributed by atoms with Crippen molar-refractivity contribution < 1.29 is 23.4 Å². The Hall–Kier alpha value is -4.42. The fourth-order valence-corrected chi connectivity index (χ4v) is 5.91. The van der Waals surface area contributed by atoms with Crippen LogP contribution in [0.4, 0.5) is 21.7 Å². The maximum Gasteiger partial charge on any atom is 0.236 e. The van der Waals surface area contributed by atoms with Gasteiger partial charge in [-0.1, -0.05) is 0 Å². The lowest BCUT2D eigenvalue weighted by Gasteiger charge is -2.43. The normalized spacial score (nSPS) is 20.4. The molecular formula is C33H40FN9O4. The van der Waals surface area contributed by atoms with E-state index in [2.05, 4.69) is 53.6 Å². The minimum Gasteiger partial charge on any atom is -0.486 e. The summed E-state index contributed by atoms with van der Waals surface area (Å²) in [5.41, 5.74) is 2.85. The first-order valence-electron chi connectivity index (χ1n) is 16.0. The Balaban J connectivity index is 1.03. The minimum absolute atomic E-state index is 0.0631. The summed E-state index contributed by atoms with van der Waals surface area (Å²) in [4.78, 5) is 32.0. The number of rotatable bonds is 12. The van der Waals surface area contributed by atoms with Crippen molar-refractivity contribution in [1.29, 1.82) is 5.26 Å². The van der Waals surface area contributed by atoms with Crippen molar-refractivity contribution in [1.82, 2.24) is 30.1 Å². The number of likely N-dealkylation sites (tertiary alicyclic amines) is 1. The summed E-state index contributed by atoms with van der Waals surface area (Å²) in [5.74, 6) is 0.854. The van der Waals surface area contributed by atoms with Gasteiger partial charge in [0, 0.05) is 69.7 Å². The van der Waals surface area contributed by atoms with Gasteiger partial charge in [-0.25, -0.2) is 14.4 Å². The van der Waals surface area contributed by atoms with Gasteiger partial charge in [-0.2, -0.15) is 10.2 Å². The third-order valence-electron chi connectivity index (χ3n) is 8.74. The molecule has 13 nitrogen and oxygen atoms in total. The largest absolute Gasteiger partial charge is 0.486 e. The summed E-state index contributed by atoms with van der Waals surface area (Å²) >= 11 is 0. The Bertz CT molecular complexity index is 1540. The molecule has 3 aromatic rings. The van der Waals surface area contributed by atoms with E-state index >= 15 is 4.39 Å². The van der Waals surface area contributed by atoms with Gasteiger partial charge in [0.1, 0.15) is 24.3 Å². The first-order valence-corrected chi connectivity index (χ1v) is 16.0. The van der Waals surface area contributed by atoms with Gasteiger partial charge in [0.25, 0.3) is 0 Å². The summed E-state index contributed by atoms with van der Waals surface area (Å²) in [7, 11) is 1.59. The average Bonchev–Trinajstić information content (AvgIpc) is 3.08. The van der Waals surface area contributed by atoms with E-state index in [9.17, 15) is 10.1 Å². The van der Waals surface area contributed by atoms with Crippen molar-refractivity contribution in [3.63, 3.8) is 0 Å². The number of carbonyl (C=O) groups is 1. The van der Waals surface area contributed by atoms with Gasteiger partial charge >= 0.3 is 0 Å². The number of halogens is 1. The van der Waals surface area contributed by atoms with Crippen LogP contribution in [0.1, 0.15) is 12.0 Å². The number of piperidine rings is 1. The number of piperazine rings is 1. The Morgan fingerprint density at radius 3 is 2.62 bits per heavy atom. The van der Waals surface area contributed by atoms with Gasteiger partial charge in [0.2, 0.25) is 11.9 Å². The molecule has 2 aromatic carbocycles. The molecule has 1 amide bonds. The molecule has 2 N–H and O–H groups in total. The third kappa shape index (κ3) is 8.12. The van der Waals surface area contributed by atoms with Crippen LogP contribution >= 0.6 is 0 Å². The second-order valence-corrected chi connectivity index (χ2v) is 11.8. The molecule has 2 unspecified atom stereocenters. The number of benzene rings is 2. The molecule has 14 heteroatoms. The topological polar surface area (TPSA) is 141 Å². The number of hydrogen-bond donors (Lipinski definition) is 2. The number of methoxy groups -OCH3 is 1. The molecule has 4 heterocycles. The number of amides is 1. The summed E-state index contributed by atoms with van der Waals surface area (Å²) in [6.45, 7) is 7.19. The van der Waals surface area contributed by atoms with E-state index in [0.717, 1.165) is 45.1 Å². The number of hydrogen-bond acceptors (Lipinski definition) is 12. The van der Waals surface area contributed by atoms with E-state index in [1.165, 1.54) is 16.9 Å². The molecule has 0 radical (unpaired) electrons. The van der Waals surface area contributed by atoms with Crippen molar-refractivity contribution in [2.24, 2.45) is 0 Å². The van der Waals surface area contributed by atoms with Crippen LogP contribution in [0.3, 0.4) is 0 Å². The van der Waals surface area contributed by atoms with Gasteiger partial charge in [-0.05, 0) is 42.5 Å². The maximum atomic E-state index is 15.1. The fourth-order valence-electron chi connectivity index (χ4n) is 5.91. The van der Waals surface area contributed by atoms with Crippen LogP contribution in [0.15, 0.2) is 48.8 Å². The Labute approximate surface area is 273 Å². The van der Waals surface area contributed by atoms with Gasteiger partial charge in [-0.3, -0.25) is 9.69 Å². The molecule has 3 aliphatic heterocycles. The highest BCUT2D eigenvalue weighted by Crippen LogP contribution is 2.29. The fraction of sp³-hybridized carbons (Fsp3) is 0.485. The van der Waals surface area contributed by atoms with Crippen molar-refractivity contribution in [3.05, 3.63) is 54.4 Å². The first kappa shape index (κ1) is 32.5. The smallest absolute Gasteiger partial charge is 0.236 e. The van der Waals surface area contributed by atoms with Crippen molar-refractivity contribution >= 4 is 23.2 Å². The summed E-state index contributed by atoms with van der Waals surface area (Å²) in [6, 6.07) is 15.9. The van der Waals surface area contributed by atoms with Crippen LogP contribution in [0.2, 0.25) is 0 Å². The second-order valence-electron chi connectivity index (χ2n) is 11.8. The predicted molar refractivity (Wildman–Crippen MR) is 173 cm³/mol. The van der Waals surface area contributed by atoms with E-state index < -0.39 is 12.3 Å². The Morgan fingerprint density at radius 2 is 1.91 bits per heavy atom. The highest BCUT2D eigenvalue weighted by molar-refractivity contribution is 5.78.